The van der Waals surface area contributed by atoms with Gasteiger partial charge in [-0.25, -0.2) is 14.8 Å². The van der Waals surface area contributed by atoms with E-state index in [2.05, 4.69) is 25.6 Å². The molecule has 1 saturated heterocycles. The average molecular weight is 404 g/mol. The van der Waals surface area contributed by atoms with Crippen LogP contribution in [0.15, 0.2) is 36.8 Å². The van der Waals surface area contributed by atoms with Crippen LogP contribution in [0, 0.1) is 18.8 Å². The van der Waals surface area contributed by atoms with Crippen LogP contribution in [-0.4, -0.2) is 39.6 Å². The van der Waals surface area contributed by atoms with E-state index in [1.54, 1.807) is 24.7 Å². The molecule has 1 aliphatic heterocycles. The van der Waals surface area contributed by atoms with Crippen LogP contribution in [-0.2, 0) is 9.53 Å². The molecule has 0 aromatic carbocycles. The van der Waals surface area contributed by atoms with Gasteiger partial charge in [-0.3, -0.25) is 9.78 Å². The standard InChI is InChI=1S/C21H20N6O3/c1-10-2-3-23-7-14(10)16-4-11-5-18(24-8-15(11)19(22)26-16)27-20(28)13-6-12(13)17-9-25-21(29)30-17/h2-5,7-8,12-13,17H,6,9H2,1H3,(H2,22,26)(H,25,29)(H,24,27,28). The molecule has 2 fully saturated rings. The number of rotatable bonds is 4. The molecule has 4 N–H and O–H groups in total. The van der Waals surface area contributed by atoms with Crippen LogP contribution < -0.4 is 16.4 Å². The highest BCUT2D eigenvalue weighted by Crippen LogP contribution is 2.44. The Hall–Kier alpha value is -3.75. The van der Waals surface area contributed by atoms with Crippen molar-refractivity contribution in [2.24, 2.45) is 11.8 Å². The Morgan fingerprint density at radius 1 is 1.33 bits per heavy atom. The van der Waals surface area contributed by atoms with Gasteiger partial charge < -0.3 is 21.1 Å². The van der Waals surface area contributed by atoms with E-state index in [0.29, 0.717) is 35.7 Å². The lowest BCUT2D eigenvalue weighted by atomic mass is 10.1. The molecule has 3 atom stereocenters. The predicted molar refractivity (Wildman–Crippen MR) is 110 cm³/mol. The van der Waals surface area contributed by atoms with Crippen molar-refractivity contribution in [3.05, 3.63) is 42.4 Å². The second-order valence-corrected chi connectivity index (χ2v) is 7.69. The number of amides is 2. The number of alkyl carbamates (subject to hydrolysis) is 1. The first-order valence-corrected chi connectivity index (χ1v) is 9.72. The third-order valence-electron chi connectivity index (χ3n) is 5.67. The molecule has 2 amide bonds. The topological polar surface area (TPSA) is 132 Å². The molecular weight excluding hydrogens is 384 g/mol. The fourth-order valence-corrected chi connectivity index (χ4v) is 3.90. The van der Waals surface area contributed by atoms with E-state index in [1.807, 2.05) is 19.1 Å². The second-order valence-electron chi connectivity index (χ2n) is 7.69. The fraction of sp³-hybridized carbons (Fsp3) is 0.286. The number of carbonyl (C=O) groups excluding carboxylic acids is 2. The van der Waals surface area contributed by atoms with Gasteiger partial charge in [-0.2, -0.15) is 0 Å². The molecule has 3 aromatic heterocycles. The first-order chi connectivity index (χ1) is 14.5. The molecule has 152 valence electrons. The highest BCUT2D eigenvalue weighted by molar-refractivity contribution is 5.98. The molecular formula is C21H20N6O3. The zero-order valence-electron chi connectivity index (χ0n) is 16.3. The summed E-state index contributed by atoms with van der Waals surface area (Å²) in [5.74, 6) is 0.550. The largest absolute Gasteiger partial charge is 0.444 e. The smallest absolute Gasteiger partial charge is 0.407 e. The van der Waals surface area contributed by atoms with Gasteiger partial charge in [0.1, 0.15) is 17.7 Å². The van der Waals surface area contributed by atoms with Crippen LogP contribution >= 0.6 is 0 Å². The normalized spacial score (nSPS) is 22.4. The Morgan fingerprint density at radius 3 is 2.97 bits per heavy atom. The van der Waals surface area contributed by atoms with E-state index in [4.69, 9.17) is 10.5 Å². The number of ether oxygens (including phenoxy) is 1. The molecule has 9 nitrogen and oxygen atoms in total. The summed E-state index contributed by atoms with van der Waals surface area (Å²) in [6, 6.07) is 5.62. The van der Waals surface area contributed by atoms with Crippen molar-refractivity contribution in [1.82, 2.24) is 20.3 Å². The summed E-state index contributed by atoms with van der Waals surface area (Å²) >= 11 is 0. The number of fused-ring (bicyclic) bond motifs is 1. The van der Waals surface area contributed by atoms with Gasteiger partial charge in [0.2, 0.25) is 5.91 Å². The number of nitrogens with one attached hydrogen (secondary N) is 2. The van der Waals surface area contributed by atoms with E-state index in [1.165, 1.54) is 0 Å². The maximum Gasteiger partial charge on any atom is 0.407 e. The first kappa shape index (κ1) is 18.3. The summed E-state index contributed by atoms with van der Waals surface area (Å²) in [4.78, 5) is 36.8. The maximum absolute atomic E-state index is 12.6. The van der Waals surface area contributed by atoms with Gasteiger partial charge in [0.25, 0.3) is 0 Å². The Balaban J connectivity index is 1.37. The van der Waals surface area contributed by atoms with Crippen molar-refractivity contribution in [2.45, 2.75) is 19.4 Å². The first-order valence-electron chi connectivity index (χ1n) is 9.72. The summed E-state index contributed by atoms with van der Waals surface area (Å²) in [6.07, 6.45) is 5.13. The van der Waals surface area contributed by atoms with Crippen LogP contribution in [0.25, 0.3) is 22.0 Å². The van der Waals surface area contributed by atoms with Gasteiger partial charge in [-0.05, 0) is 42.5 Å². The number of hydrogen-bond donors (Lipinski definition) is 3. The number of aromatic nitrogens is 3. The molecule has 30 heavy (non-hydrogen) atoms. The van der Waals surface area contributed by atoms with Crippen molar-refractivity contribution in [3.63, 3.8) is 0 Å². The monoisotopic (exact) mass is 404 g/mol. The Labute approximate surface area is 172 Å². The van der Waals surface area contributed by atoms with Crippen molar-refractivity contribution in [1.29, 1.82) is 0 Å². The highest BCUT2D eigenvalue weighted by Gasteiger charge is 2.51. The molecule has 2 aliphatic rings. The van der Waals surface area contributed by atoms with Crippen molar-refractivity contribution >= 4 is 34.4 Å². The van der Waals surface area contributed by atoms with Gasteiger partial charge in [-0.1, -0.05) is 0 Å². The number of carbonyl (C=O) groups is 2. The van der Waals surface area contributed by atoms with Crippen molar-refractivity contribution < 1.29 is 14.3 Å². The Kier molecular flexibility index (Phi) is 4.23. The molecule has 3 unspecified atom stereocenters. The van der Waals surface area contributed by atoms with Crippen LogP contribution in [0.2, 0.25) is 0 Å². The highest BCUT2D eigenvalue weighted by atomic mass is 16.6. The Morgan fingerprint density at radius 2 is 2.20 bits per heavy atom. The number of hydrogen-bond acceptors (Lipinski definition) is 7. The van der Waals surface area contributed by atoms with E-state index in [0.717, 1.165) is 16.5 Å². The zero-order valence-corrected chi connectivity index (χ0v) is 16.3. The number of aryl methyl sites for hydroxylation is 1. The molecule has 0 radical (unpaired) electrons. The summed E-state index contributed by atoms with van der Waals surface area (Å²) in [7, 11) is 0. The van der Waals surface area contributed by atoms with Crippen LogP contribution in [0.5, 0.6) is 0 Å². The molecule has 0 spiro atoms. The predicted octanol–water partition coefficient (Wildman–Crippen LogP) is 2.27. The van der Waals surface area contributed by atoms with Gasteiger partial charge in [0.15, 0.2) is 0 Å². The minimum atomic E-state index is -0.423. The molecule has 3 aromatic rings. The SMILES string of the molecule is Cc1ccncc1-c1cc2cc(NC(=O)C3CC3C3CNC(=O)O3)ncc2c(N)n1. The van der Waals surface area contributed by atoms with E-state index < -0.39 is 6.09 Å². The molecule has 9 heteroatoms. The molecule has 1 aliphatic carbocycles. The van der Waals surface area contributed by atoms with Crippen molar-refractivity contribution in [3.8, 4) is 11.3 Å². The zero-order chi connectivity index (χ0) is 20.8. The van der Waals surface area contributed by atoms with Crippen molar-refractivity contribution in [2.75, 3.05) is 17.6 Å². The van der Waals surface area contributed by atoms with Gasteiger partial charge >= 0.3 is 6.09 Å². The summed E-state index contributed by atoms with van der Waals surface area (Å²) < 4.78 is 5.18. The number of anilines is 2. The Bertz CT molecular complexity index is 1180. The quantitative estimate of drug-likeness (QED) is 0.607. The number of cyclic esters (lactones) is 1. The third kappa shape index (κ3) is 3.28. The molecule has 0 bridgehead atoms. The van der Waals surface area contributed by atoms with E-state index >= 15 is 0 Å². The van der Waals surface area contributed by atoms with Gasteiger partial charge in [-0.15, -0.1) is 0 Å². The fourth-order valence-electron chi connectivity index (χ4n) is 3.90. The minimum absolute atomic E-state index is 0.0457. The van der Waals surface area contributed by atoms with Gasteiger partial charge in [0, 0.05) is 41.4 Å². The number of nitrogens with two attached hydrogens (primary N) is 1. The minimum Gasteiger partial charge on any atom is -0.444 e. The van der Waals surface area contributed by atoms with E-state index in [9.17, 15) is 9.59 Å². The molecule has 5 rings (SSSR count). The number of nitrogen functional groups attached to an aromatic ring is 1. The number of pyridine rings is 3. The maximum atomic E-state index is 12.6. The summed E-state index contributed by atoms with van der Waals surface area (Å²) in [5.41, 5.74) is 8.80. The van der Waals surface area contributed by atoms with Crippen LogP contribution in [0.3, 0.4) is 0 Å². The summed E-state index contributed by atoms with van der Waals surface area (Å²) in [5, 5.41) is 7.03. The summed E-state index contributed by atoms with van der Waals surface area (Å²) in [6.45, 7) is 2.44. The average Bonchev–Trinajstić information content (AvgIpc) is 3.42. The van der Waals surface area contributed by atoms with Crippen LogP contribution in [0.1, 0.15) is 12.0 Å². The lowest BCUT2D eigenvalue weighted by Crippen LogP contribution is -2.22. The lowest BCUT2D eigenvalue weighted by Gasteiger charge is -2.10. The number of nitrogens with zero attached hydrogens (tertiary/aromatic N) is 3. The lowest BCUT2D eigenvalue weighted by molar-refractivity contribution is -0.117. The van der Waals surface area contributed by atoms with Crippen LogP contribution in [0.4, 0.5) is 16.4 Å². The van der Waals surface area contributed by atoms with Gasteiger partial charge in [0.05, 0.1) is 12.2 Å². The van der Waals surface area contributed by atoms with E-state index in [-0.39, 0.29) is 23.8 Å². The molecule has 4 heterocycles. The third-order valence-corrected chi connectivity index (χ3v) is 5.67. The molecule has 1 saturated carbocycles. The second kappa shape index (κ2) is 6.94.